The van der Waals surface area contributed by atoms with E-state index in [0.29, 0.717) is 16.7 Å². The quantitative estimate of drug-likeness (QED) is 0.830. The molecule has 0 saturated heterocycles. The van der Waals surface area contributed by atoms with Gasteiger partial charge in [-0.2, -0.15) is 13.2 Å². The molecule has 0 atom stereocenters. The molecule has 2 aromatic rings. The smallest absolute Gasteiger partial charge is 0.433 e. The van der Waals surface area contributed by atoms with E-state index in [9.17, 15) is 26.7 Å². The summed E-state index contributed by atoms with van der Waals surface area (Å²) >= 11 is 3.03. The summed E-state index contributed by atoms with van der Waals surface area (Å²) in [4.78, 5) is 6.22. The third kappa shape index (κ3) is 3.65. The lowest BCUT2D eigenvalue weighted by atomic mass is 10.3. The maximum Gasteiger partial charge on any atom is 0.433 e. The molecular weight excluding hydrogens is 391 g/mol. The van der Waals surface area contributed by atoms with Gasteiger partial charge in [-0.15, -0.1) is 0 Å². The maximum atomic E-state index is 12.4. The Balaban J connectivity index is 2.31. The van der Waals surface area contributed by atoms with Crippen LogP contribution in [-0.2, 0) is 16.2 Å². The van der Waals surface area contributed by atoms with Gasteiger partial charge in [0.1, 0.15) is 10.6 Å². The summed E-state index contributed by atoms with van der Waals surface area (Å²) in [6.07, 6.45) is -2.86. The fourth-order valence-corrected chi connectivity index (χ4v) is 2.69. The van der Waals surface area contributed by atoms with Crippen LogP contribution in [0.25, 0.3) is 0 Å². The highest BCUT2D eigenvalue weighted by Gasteiger charge is 2.32. The third-order valence-electron chi connectivity index (χ3n) is 2.40. The van der Waals surface area contributed by atoms with E-state index in [1.54, 1.807) is 0 Å². The Kier molecular flexibility index (Phi) is 4.29. The van der Waals surface area contributed by atoms with Crippen LogP contribution in [0.3, 0.4) is 0 Å². The number of hydrogen-bond donors (Lipinski definition) is 2. The maximum absolute atomic E-state index is 12.4. The number of hydrogen-bond acceptors (Lipinski definition) is 5. The van der Waals surface area contributed by atoms with Crippen molar-refractivity contribution in [2.45, 2.75) is 11.1 Å². The molecule has 0 aliphatic carbocycles. The van der Waals surface area contributed by atoms with Crippen LogP contribution in [0.5, 0.6) is 5.75 Å². The van der Waals surface area contributed by atoms with Gasteiger partial charge in [0, 0.05) is 16.9 Å². The lowest BCUT2D eigenvalue weighted by Crippen LogP contribution is -2.15. The van der Waals surface area contributed by atoms with E-state index in [1.165, 1.54) is 12.3 Å². The van der Waals surface area contributed by atoms with E-state index in [2.05, 4.69) is 25.9 Å². The molecule has 2 rings (SSSR count). The zero-order chi connectivity index (χ0) is 16.5. The van der Waals surface area contributed by atoms with E-state index in [-0.39, 0.29) is 5.82 Å². The lowest BCUT2D eigenvalue weighted by Gasteiger charge is -2.10. The van der Waals surface area contributed by atoms with Gasteiger partial charge in [-0.3, -0.25) is 9.71 Å². The number of aromatic nitrogens is 2. The minimum Gasteiger partial charge on any atom is -0.504 e. The molecule has 2 aromatic heterocycles. The van der Waals surface area contributed by atoms with E-state index < -0.39 is 32.5 Å². The van der Waals surface area contributed by atoms with Gasteiger partial charge in [0.2, 0.25) is 0 Å². The molecule has 0 bridgehead atoms. The van der Waals surface area contributed by atoms with Crippen LogP contribution >= 0.6 is 15.9 Å². The van der Waals surface area contributed by atoms with Crippen molar-refractivity contribution in [3.63, 3.8) is 0 Å². The molecule has 11 heteroatoms. The normalized spacial score (nSPS) is 12.2. The van der Waals surface area contributed by atoms with Crippen LogP contribution in [0, 0.1) is 0 Å². The van der Waals surface area contributed by atoms with Gasteiger partial charge in [0.25, 0.3) is 10.0 Å². The summed E-state index contributed by atoms with van der Waals surface area (Å²) in [7, 11) is -4.23. The summed E-state index contributed by atoms with van der Waals surface area (Å²) in [5.41, 5.74) is -1.21. The van der Waals surface area contributed by atoms with Gasteiger partial charge >= 0.3 is 6.18 Å². The molecule has 6 nitrogen and oxygen atoms in total. The predicted octanol–water partition coefficient (Wildman–Crippen LogP) is 2.76. The molecule has 2 N–H and O–H groups in total. The lowest BCUT2D eigenvalue weighted by molar-refractivity contribution is -0.141. The molecule has 0 unspecified atom stereocenters. The van der Waals surface area contributed by atoms with Gasteiger partial charge < -0.3 is 5.11 Å². The number of aromatic hydroxyl groups is 1. The molecule has 2 heterocycles. The average Bonchev–Trinajstić information content (AvgIpc) is 2.41. The zero-order valence-corrected chi connectivity index (χ0v) is 12.9. The summed E-state index contributed by atoms with van der Waals surface area (Å²) < 4.78 is 63.5. The van der Waals surface area contributed by atoms with Crippen molar-refractivity contribution in [3.8, 4) is 5.75 Å². The SMILES string of the molecule is O=S(=O)(Nc1ncc(Br)cc1O)c1ccc(C(F)(F)F)nc1. The molecule has 0 radical (unpaired) electrons. The first-order chi connectivity index (χ1) is 10.1. The van der Waals surface area contributed by atoms with Crippen molar-refractivity contribution in [2.75, 3.05) is 4.72 Å². The van der Waals surface area contributed by atoms with Crippen LogP contribution < -0.4 is 4.72 Å². The first-order valence-electron chi connectivity index (χ1n) is 5.50. The summed E-state index contributed by atoms with van der Waals surface area (Å²) in [6, 6.07) is 2.51. The van der Waals surface area contributed by atoms with Crippen molar-refractivity contribution in [1.29, 1.82) is 0 Å². The molecule has 22 heavy (non-hydrogen) atoms. The van der Waals surface area contributed by atoms with E-state index in [0.717, 1.165) is 6.07 Å². The van der Waals surface area contributed by atoms with Crippen LogP contribution in [-0.4, -0.2) is 23.5 Å². The minimum absolute atomic E-state index is 0.358. The topological polar surface area (TPSA) is 92.2 Å². The van der Waals surface area contributed by atoms with E-state index in [4.69, 9.17) is 0 Å². The van der Waals surface area contributed by atoms with Crippen LogP contribution in [0.4, 0.5) is 19.0 Å². The van der Waals surface area contributed by atoms with Crippen molar-refractivity contribution in [2.24, 2.45) is 0 Å². The van der Waals surface area contributed by atoms with Crippen LogP contribution in [0.15, 0.2) is 40.0 Å². The monoisotopic (exact) mass is 397 g/mol. The van der Waals surface area contributed by atoms with Crippen molar-refractivity contribution >= 4 is 31.8 Å². The first kappa shape index (κ1) is 16.5. The second-order valence-corrected chi connectivity index (χ2v) is 6.60. The molecule has 0 amide bonds. The number of pyridine rings is 2. The number of nitrogens with one attached hydrogen (secondary N) is 1. The fraction of sp³-hybridized carbons (Fsp3) is 0.0909. The summed E-state index contributed by atoms with van der Waals surface area (Å²) in [6.45, 7) is 0. The highest BCUT2D eigenvalue weighted by Crippen LogP contribution is 2.29. The van der Waals surface area contributed by atoms with E-state index >= 15 is 0 Å². The molecule has 0 aliphatic heterocycles. The third-order valence-corrected chi connectivity index (χ3v) is 4.16. The molecule has 0 saturated carbocycles. The largest absolute Gasteiger partial charge is 0.504 e. The zero-order valence-electron chi connectivity index (χ0n) is 10.5. The minimum atomic E-state index is -4.67. The number of rotatable bonds is 3. The number of alkyl halides is 3. The van der Waals surface area contributed by atoms with Gasteiger partial charge in [0.05, 0.1) is 0 Å². The Morgan fingerprint density at radius 3 is 2.36 bits per heavy atom. The summed E-state index contributed by atoms with van der Waals surface area (Å²) in [5.74, 6) is -0.805. The Morgan fingerprint density at radius 2 is 1.86 bits per heavy atom. The molecular formula is C11H7BrF3N3O3S. The standard InChI is InChI=1S/C11H7BrF3N3O3S/c12-6-3-8(19)10(17-4-6)18-22(20,21)7-1-2-9(16-5-7)11(13,14)15/h1-5,19H,(H,17,18). The Labute approximate surface area is 131 Å². The molecule has 0 aromatic carbocycles. The van der Waals surface area contributed by atoms with E-state index in [1.807, 2.05) is 4.72 Å². The van der Waals surface area contributed by atoms with Gasteiger partial charge in [-0.1, -0.05) is 0 Å². The first-order valence-corrected chi connectivity index (χ1v) is 7.78. The fourth-order valence-electron chi connectivity index (χ4n) is 1.40. The Bertz CT molecular complexity index is 794. The van der Waals surface area contributed by atoms with Crippen LogP contribution in [0.2, 0.25) is 0 Å². The highest BCUT2D eigenvalue weighted by molar-refractivity contribution is 9.10. The number of sulfonamides is 1. The Morgan fingerprint density at radius 1 is 1.18 bits per heavy atom. The Hall–Kier alpha value is -1.88. The second kappa shape index (κ2) is 5.72. The highest BCUT2D eigenvalue weighted by atomic mass is 79.9. The molecule has 0 aliphatic rings. The average molecular weight is 398 g/mol. The predicted molar refractivity (Wildman–Crippen MR) is 73.6 cm³/mol. The summed E-state index contributed by atoms with van der Waals surface area (Å²) in [5, 5.41) is 9.57. The second-order valence-electron chi connectivity index (χ2n) is 4.00. The van der Waals surface area contributed by atoms with Crippen LogP contribution in [0.1, 0.15) is 5.69 Å². The molecule has 0 spiro atoms. The van der Waals surface area contributed by atoms with Gasteiger partial charge in [-0.25, -0.2) is 13.4 Å². The number of anilines is 1. The van der Waals surface area contributed by atoms with Gasteiger partial charge in [-0.05, 0) is 34.1 Å². The number of halogens is 4. The van der Waals surface area contributed by atoms with Crippen molar-refractivity contribution in [3.05, 3.63) is 40.8 Å². The molecule has 0 fully saturated rings. The van der Waals surface area contributed by atoms with Crippen molar-refractivity contribution < 1.29 is 26.7 Å². The molecule has 118 valence electrons. The van der Waals surface area contributed by atoms with Gasteiger partial charge in [0.15, 0.2) is 11.6 Å². The van der Waals surface area contributed by atoms with Crippen molar-refractivity contribution in [1.82, 2.24) is 9.97 Å². The number of nitrogens with zero attached hydrogens (tertiary/aromatic N) is 2.